The summed E-state index contributed by atoms with van der Waals surface area (Å²) < 4.78 is 0. The minimum Gasteiger partial charge on any atom is -0.0993 e. The lowest BCUT2D eigenvalue weighted by molar-refractivity contribution is 0.919. The van der Waals surface area contributed by atoms with Crippen molar-refractivity contribution < 1.29 is 0 Å². The van der Waals surface area contributed by atoms with Crippen LogP contribution in [0.1, 0.15) is 13.8 Å². The van der Waals surface area contributed by atoms with Gasteiger partial charge < -0.3 is 0 Å². The van der Waals surface area contributed by atoms with Crippen molar-refractivity contribution in [3.8, 4) is 0 Å². The maximum absolute atomic E-state index is 2.62. The number of hydrogen-bond acceptors (Lipinski definition) is 0. The van der Waals surface area contributed by atoms with Crippen molar-refractivity contribution in [2.75, 3.05) is 0 Å². The summed E-state index contributed by atoms with van der Waals surface area (Å²) in [4.78, 5) is 0. The molecule has 1 aromatic carbocycles. The highest BCUT2D eigenvalue weighted by atomic mass is 29.2. The molecule has 0 radical (unpaired) electrons. The Labute approximate surface area is 96.4 Å². The van der Waals surface area contributed by atoms with Crippen LogP contribution in [0.4, 0.5) is 0 Å². The second-order valence-corrected chi connectivity index (χ2v) is 17.8. The van der Waals surface area contributed by atoms with E-state index in [-0.39, 0.29) is 0 Å². The van der Waals surface area contributed by atoms with Gasteiger partial charge in [-0.1, -0.05) is 69.5 Å². The maximum atomic E-state index is 2.62. The standard InChI is InChI=1S/C13H22Si2/c1-12(2)11-14(15(3,4)5)13-9-7-6-8-10-13/h6-12H,1-5H3/b14-11-. The Morgan fingerprint density at radius 1 is 1.07 bits per heavy atom. The molecule has 0 saturated carbocycles. The van der Waals surface area contributed by atoms with Crippen LogP contribution in [0.2, 0.25) is 19.6 Å². The molecule has 0 aliphatic rings. The first-order valence-corrected chi connectivity index (χ1v) is 11.8. The lowest BCUT2D eigenvalue weighted by Gasteiger charge is -2.21. The third-order valence-electron chi connectivity index (χ3n) is 2.39. The van der Waals surface area contributed by atoms with Crippen molar-refractivity contribution in [3.63, 3.8) is 0 Å². The first kappa shape index (κ1) is 12.6. The lowest BCUT2D eigenvalue weighted by atomic mass is 10.3. The topological polar surface area (TPSA) is 0 Å². The molecule has 0 bridgehead atoms. The van der Waals surface area contributed by atoms with Gasteiger partial charge in [0.2, 0.25) is 0 Å². The number of hydrogen-bond donors (Lipinski definition) is 0. The fourth-order valence-electron chi connectivity index (χ4n) is 1.73. The van der Waals surface area contributed by atoms with Gasteiger partial charge in [-0.25, -0.2) is 0 Å². The zero-order valence-corrected chi connectivity index (χ0v) is 12.5. The third kappa shape index (κ3) is 3.88. The molecule has 2 heteroatoms. The van der Waals surface area contributed by atoms with E-state index in [2.05, 4.69) is 69.5 Å². The summed E-state index contributed by atoms with van der Waals surface area (Å²) in [5.41, 5.74) is 2.62. The van der Waals surface area contributed by atoms with Gasteiger partial charge in [-0.15, -0.1) is 0 Å². The molecule has 0 fully saturated rings. The molecule has 0 amide bonds. The monoisotopic (exact) mass is 234 g/mol. The fourth-order valence-corrected chi connectivity index (χ4v) is 10.1. The van der Waals surface area contributed by atoms with Gasteiger partial charge in [0.25, 0.3) is 0 Å². The Balaban J connectivity index is 3.15. The van der Waals surface area contributed by atoms with E-state index in [0.29, 0.717) is 5.92 Å². The highest BCUT2D eigenvalue weighted by Crippen LogP contribution is 2.03. The Kier molecular flexibility index (Phi) is 4.23. The molecule has 0 N–H and O–H groups in total. The Morgan fingerprint density at radius 2 is 1.60 bits per heavy atom. The molecule has 0 spiro atoms. The van der Waals surface area contributed by atoms with Crippen LogP contribution in [0.5, 0.6) is 0 Å². The molecule has 0 aliphatic carbocycles. The maximum Gasteiger partial charge on any atom is 0.0601 e. The molecule has 15 heavy (non-hydrogen) atoms. The smallest absolute Gasteiger partial charge is 0.0601 e. The quantitative estimate of drug-likeness (QED) is 0.706. The van der Waals surface area contributed by atoms with Crippen LogP contribution in [-0.4, -0.2) is 21.2 Å². The predicted octanol–water partition coefficient (Wildman–Crippen LogP) is 2.84. The van der Waals surface area contributed by atoms with Crippen LogP contribution in [0.3, 0.4) is 0 Å². The third-order valence-corrected chi connectivity index (χ3v) is 12.2. The Bertz CT molecular complexity index is 331. The highest BCUT2D eigenvalue weighted by Gasteiger charge is 2.21. The van der Waals surface area contributed by atoms with Crippen LogP contribution in [0.15, 0.2) is 30.3 Å². The van der Waals surface area contributed by atoms with E-state index in [1.54, 1.807) is 5.19 Å². The molecule has 1 aromatic rings. The van der Waals surface area contributed by atoms with E-state index in [1.165, 1.54) is 0 Å². The normalized spacial score (nSPS) is 13.3. The van der Waals surface area contributed by atoms with Crippen molar-refractivity contribution in [1.82, 2.24) is 0 Å². The SMILES string of the molecule is CC(C)/C=[Si](/c1ccccc1)[Si](C)(C)C. The molecule has 0 aliphatic heterocycles. The van der Waals surface area contributed by atoms with Gasteiger partial charge in [-0.3, -0.25) is 0 Å². The molecule has 0 nitrogen and oxygen atoms in total. The van der Waals surface area contributed by atoms with Crippen molar-refractivity contribution in [1.29, 1.82) is 0 Å². The van der Waals surface area contributed by atoms with E-state index in [0.717, 1.165) is 0 Å². The summed E-state index contributed by atoms with van der Waals surface area (Å²) in [6, 6.07) is 11.1. The van der Waals surface area contributed by atoms with Gasteiger partial charge in [0.05, 0.1) is 7.59 Å². The summed E-state index contributed by atoms with van der Waals surface area (Å²) in [6.45, 7) is 12.1. The van der Waals surface area contributed by atoms with E-state index in [4.69, 9.17) is 0 Å². The van der Waals surface area contributed by atoms with Crippen molar-refractivity contribution in [3.05, 3.63) is 30.3 Å². The van der Waals surface area contributed by atoms with Crippen molar-refractivity contribution in [2.45, 2.75) is 33.5 Å². The summed E-state index contributed by atoms with van der Waals surface area (Å²) in [5, 5.41) is 1.59. The van der Waals surface area contributed by atoms with E-state index >= 15 is 0 Å². The molecule has 0 saturated heterocycles. The fraction of sp³-hybridized carbons (Fsp3) is 0.462. The minimum atomic E-state index is -1.04. The second kappa shape index (κ2) is 5.04. The Hall–Kier alpha value is -0.476. The molecule has 0 atom stereocenters. The zero-order chi connectivity index (χ0) is 11.5. The van der Waals surface area contributed by atoms with Crippen molar-refractivity contribution >= 4 is 26.4 Å². The van der Waals surface area contributed by atoms with Gasteiger partial charge in [-0.2, -0.15) is 0 Å². The van der Waals surface area contributed by atoms with E-state index in [1.807, 2.05) is 0 Å². The van der Waals surface area contributed by atoms with Crippen LogP contribution in [0, 0.1) is 5.92 Å². The molecule has 1 rings (SSSR count). The zero-order valence-electron chi connectivity index (χ0n) is 10.5. The minimum absolute atomic E-state index is 0.423. The average Bonchev–Trinajstić information content (AvgIpc) is 2.14. The summed E-state index contributed by atoms with van der Waals surface area (Å²) in [7, 11) is -1.47. The molecule has 0 aromatic heterocycles. The highest BCUT2D eigenvalue weighted by molar-refractivity contribution is 7.36. The Morgan fingerprint density at radius 3 is 2.00 bits per heavy atom. The largest absolute Gasteiger partial charge is 0.0993 e. The van der Waals surface area contributed by atoms with Crippen LogP contribution in [-0.2, 0) is 0 Å². The first-order valence-electron chi connectivity index (χ1n) is 5.69. The van der Waals surface area contributed by atoms with Gasteiger partial charge in [0, 0.05) is 7.93 Å². The number of rotatable bonds is 3. The van der Waals surface area contributed by atoms with Crippen LogP contribution in [0.25, 0.3) is 0 Å². The van der Waals surface area contributed by atoms with E-state index < -0.39 is 15.5 Å². The summed E-state index contributed by atoms with van der Waals surface area (Å²) in [6.07, 6.45) is 0. The number of benzene rings is 1. The molecular weight excluding hydrogens is 212 g/mol. The van der Waals surface area contributed by atoms with Crippen LogP contribution >= 0.6 is 0 Å². The molecule has 82 valence electrons. The second-order valence-electron chi connectivity index (χ2n) is 5.44. The van der Waals surface area contributed by atoms with Crippen molar-refractivity contribution in [2.24, 2.45) is 5.92 Å². The molecule has 0 heterocycles. The average molecular weight is 234 g/mol. The first-order chi connectivity index (χ1) is 6.91. The lowest BCUT2D eigenvalue weighted by Crippen LogP contribution is -2.47. The summed E-state index contributed by atoms with van der Waals surface area (Å²) >= 11 is 0. The predicted molar refractivity (Wildman–Crippen MR) is 76.1 cm³/mol. The van der Waals surface area contributed by atoms with Crippen LogP contribution < -0.4 is 5.19 Å². The van der Waals surface area contributed by atoms with Gasteiger partial charge in [0.1, 0.15) is 0 Å². The van der Waals surface area contributed by atoms with E-state index in [9.17, 15) is 0 Å². The summed E-state index contributed by atoms with van der Waals surface area (Å²) in [5.74, 6) is 0.714. The molecule has 0 unspecified atom stereocenters. The van der Waals surface area contributed by atoms with Gasteiger partial charge in [0.15, 0.2) is 0 Å². The van der Waals surface area contributed by atoms with Gasteiger partial charge in [-0.05, 0) is 11.1 Å². The molecular formula is C13H22Si2. The van der Waals surface area contributed by atoms with Gasteiger partial charge >= 0.3 is 0 Å².